The van der Waals surface area contributed by atoms with Gasteiger partial charge in [0.1, 0.15) is 12.2 Å². The van der Waals surface area contributed by atoms with Crippen LogP contribution in [0.15, 0.2) is 6.33 Å². The number of piperidine rings is 1. The molecule has 2 aliphatic heterocycles. The lowest BCUT2D eigenvalue weighted by Gasteiger charge is -2.46. The SMILES string of the molecule is CCN1CCC2(CCC(C(=O)N3CCn4ncnc4C3)CC2)CC1. The summed E-state index contributed by atoms with van der Waals surface area (Å²) in [5, 5.41) is 4.20. The maximum absolute atomic E-state index is 12.9. The Kier molecular flexibility index (Phi) is 4.33. The van der Waals surface area contributed by atoms with E-state index in [9.17, 15) is 4.79 Å². The molecule has 1 amide bonds. The van der Waals surface area contributed by atoms with E-state index in [-0.39, 0.29) is 5.92 Å². The molecule has 1 spiro atoms. The average Bonchev–Trinajstić information content (AvgIpc) is 3.10. The molecule has 132 valence electrons. The van der Waals surface area contributed by atoms with Crippen molar-refractivity contribution in [2.75, 3.05) is 26.2 Å². The number of aromatic nitrogens is 3. The van der Waals surface area contributed by atoms with Gasteiger partial charge in [0.2, 0.25) is 5.91 Å². The van der Waals surface area contributed by atoms with Crippen molar-refractivity contribution in [3.63, 3.8) is 0 Å². The molecule has 0 atom stereocenters. The monoisotopic (exact) mass is 331 g/mol. The third-order valence-corrected chi connectivity index (χ3v) is 6.68. The molecule has 6 heteroatoms. The summed E-state index contributed by atoms with van der Waals surface area (Å²) in [6.07, 6.45) is 8.89. The van der Waals surface area contributed by atoms with E-state index in [1.54, 1.807) is 6.33 Å². The van der Waals surface area contributed by atoms with E-state index in [2.05, 4.69) is 21.9 Å². The Morgan fingerprint density at radius 3 is 2.62 bits per heavy atom. The topological polar surface area (TPSA) is 54.3 Å². The molecule has 0 radical (unpaired) electrons. The number of carbonyl (C=O) groups is 1. The van der Waals surface area contributed by atoms with E-state index in [0.717, 1.165) is 31.8 Å². The van der Waals surface area contributed by atoms with E-state index in [4.69, 9.17) is 0 Å². The van der Waals surface area contributed by atoms with Gasteiger partial charge < -0.3 is 9.80 Å². The first-order valence-corrected chi connectivity index (χ1v) is 9.57. The smallest absolute Gasteiger partial charge is 0.226 e. The van der Waals surface area contributed by atoms with Crippen molar-refractivity contribution in [2.45, 2.75) is 58.5 Å². The fourth-order valence-corrected chi connectivity index (χ4v) is 4.83. The van der Waals surface area contributed by atoms with Gasteiger partial charge in [-0.2, -0.15) is 5.10 Å². The van der Waals surface area contributed by atoms with Crippen molar-refractivity contribution < 1.29 is 4.79 Å². The second-order valence-corrected chi connectivity index (χ2v) is 7.87. The molecule has 1 saturated carbocycles. The van der Waals surface area contributed by atoms with Crippen molar-refractivity contribution in [3.8, 4) is 0 Å². The van der Waals surface area contributed by atoms with Crippen molar-refractivity contribution in [1.29, 1.82) is 0 Å². The van der Waals surface area contributed by atoms with Crippen LogP contribution in [0.25, 0.3) is 0 Å². The Balaban J connectivity index is 1.32. The number of hydrogen-bond donors (Lipinski definition) is 0. The second kappa shape index (κ2) is 6.47. The Bertz CT molecular complexity index is 580. The molecule has 0 unspecified atom stereocenters. The Morgan fingerprint density at radius 2 is 1.92 bits per heavy atom. The molecule has 1 saturated heterocycles. The minimum Gasteiger partial charge on any atom is -0.333 e. The highest BCUT2D eigenvalue weighted by Crippen LogP contribution is 2.46. The highest BCUT2D eigenvalue weighted by atomic mass is 16.2. The Hall–Kier alpha value is -1.43. The van der Waals surface area contributed by atoms with Crippen molar-refractivity contribution in [3.05, 3.63) is 12.2 Å². The number of carbonyl (C=O) groups excluding carboxylic acids is 1. The van der Waals surface area contributed by atoms with E-state index in [1.807, 2.05) is 9.58 Å². The lowest BCUT2D eigenvalue weighted by molar-refractivity contribution is -0.139. The van der Waals surface area contributed by atoms with Crippen LogP contribution in [0.1, 0.15) is 51.3 Å². The zero-order chi connectivity index (χ0) is 16.6. The first-order valence-electron chi connectivity index (χ1n) is 9.57. The molecule has 2 fully saturated rings. The van der Waals surface area contributed by atoms with Crippen molar-refractivity contribution in [2.24, 2.45) is 11.3 Å². The van der Waals surface area contributed by atoms with Gasteiger partial charge in [-0.15, -0.1) is 0 Å². The summed E-state index contributed by atoms with van der Waals surface area (Å²) in [5.41, 5.74) is 0.532. The largest absolute Gasteiger partial charge is 0.333 e. The van der Waals surface area contributed by atoms with Gasteiger partial charge in [0.15, 0.2) is 0 Å². The van der Waals surface area contributed by atoms with E-state index >= 15 is 0 Å². The van der Waals surface area contributed by atoms with Crippen LogP contribution >= 0.6 is 0 Å². The molecule has 3 heterocycles. The molecule has 1 aliphatic carbocycles. The Labute approximate surface area is 144 Å². The van der Waals surface area contributed by atoms with E-state index in [0.29, 0.717) is 17.9 Å². The zero-order valence-corrected chi connectivity index (χ0v) is 14.8. The van der Waals surface area contributed by atoms with Crippen LogP contribution in [0.2, 0.25) is 0 Å². The summed E-state index contributed by atoms with van der Waals surface area (Å²) < 4.78 is 1.92. The molecule has 4 rings (SSSR count). The van der Waals surface area contributed by atoms with Crippen molar-refractivity contribution in [1.82, 2.24) is 24.6 Å². The molecule has 1 aromatic heterocycles. The maximum Gasteiger partial charge on any atom is 0.226 e. The molecule has 3 aliphatic rings. The van der Waals surface area contributed by atoms with Crippen LogP contribution in [-0.4, -0.2) is 56.7 Å². The maximum atomic E-state index is 12.9. The van der Waals surface area contributed by atoms with Gasteiger partial charge in [-0.05, 0) is 63.6 Å². The molecule has 1 aromatic rings. The highest BCUT2D eigenvalue weighted by Gasteiger charge is 2.40. The summed E-state index contributed by atoms with van der Waals surface area (Å²) in [6, 6.07) is 0. The first-order chi connectivity index (χ1) is 11.7. The summed E-state index contributed by atoms with van der Waals surface area (Å²) in [7, 11) is 0. The van der Waals surface area contributed by atoms with Crippen molar-refractivity contribution >= 4 is 5.91 Å². The third-order valence-electron chi connectivity index (χ3n) is 6.68. The summed E-state index contributed by atoms with van der Waals surface area (Å²) in [5.74, 6) is 1.51. The van der Waals surface area contributed by atoms with Gasteiger partial charge in [-0.25, -0.2) is 9.67 Å². The van der Waals surface area contributed by atoms with Crippen LogP contribution in [0, 0.1) is 11.3 Å². The summed E-state index contributed by atoms with van der Waals surface area (Å²) in [4.78, 5) is 21.8. The first kappa shape index (κ1) is 16.1. The van der Waals surface area contributed by atoms with Gasteiger partial charge in [0.25, 0.3) is 0 Å². The van der Waals surface area contributed by atoms with Gasteiger partial charge in [-0.1, -0.05) is 6.92 Å². The molecule has 0 bridgehead atoms. The van der Waals surface area contributed by atoms with E-state index in [1.165, 1.54) is 45.3 Å². The van der Waals surface area contributed by atoms with Gasteiger partial charge in [-0.3, -0.25) is 4.79 Å². The number of hydrogen-bond acceptors (Lipinski definition) is 4. The van der Waals surface area contributed by atoms with E-state index < -0.39 is 0 Å². The van der Waals surface area contributed by atoms with Crippen LogP contribution < -0.4 is 0 Å². The molecular formula is C18H29N5O. The minimum atomic E-state index is 0.231. The Morgan fingerprint density at radius 1 is 1.17 bits per heavy atom. The lowest BCUT2D eigenvalue weighted by atomic mass is 9.65. The number of fused-ring (bicyclic) bond motifs is 1. The molecule has 24 heavy (non-hydrogen) atoms. The van der Waals surface area contributed by atoms with Crippen LogP contribution in [0.4, 0.5) is 0 Å². The van der Waals surface area contributed by atoms with Gasteiger partial charge in [0.05, 0.1) is 13.1 Å². The quantitative estimate of drug-likeness (QED) is 0.831. The summed E-state index contributed by atoms with van der Waals surface area (Å²) in [6.45, 7) is 8.12. The van der Waals surface area contributed by atoms with Gasteiger partial charge >= 0.3 is 0 Å². The number of likely N-dealkylation sites (tertiary alicyclic amines) is 1. The minimum absolute atomic E-state index is 0.231. The highest BCUT2D eigenvalue weighted by molar-refractivity contribution is 5.79. The number of amides is 1. The molecule has 6 nitrogen and oxygen atoms in total. The third kappa shape index (κ3) is 2.96. The summed E-state index contributed by atoms with van der Waals surface area (Å²) >= 11 is 0. The predicted octanol–water partition coefficient (Wildman–Crippen LogP) is 1.91. The predicted molar refractivity (Wildman–Crippen MR) is 91.2 cm³/mol. The average molecular weight is 331 g/mol. The normalized spacial score (nSPS) is 25.0. The van der Waals surface area contributed by atoms with Crippen LogP contribution in [-0.2, 0) is 17.9 Å². The standard InChI is InChI=1S/C18H29N5O/c1-2-21-9-7-18(8-10-21)5-3-15(4-6-18)17(24)22-11-12-23-16(13-22)19-14-20-23/h14-15H,2-13H2,1H3. The van der Waals surface area contributed by atoms with Crippen LogP contribution in [0.3, 0.4) is 0 Å². The molecular weight excluding hydrogens is 302 g/mol. The number of nitrogens with zero attached hydrogens (tertiary/aromatic N) is 5. The fraction of sp³-hybridized carbons (Fsp3) is 0.833. The molecule has 0 N–H and O–H groups in total. The fourth-order valence-electron chi connectivity index (χ4n) is 4.83. The lowest BCUT2D eigenvalue weighted by Crippen LogP contribution is -2.45. The number of rotatable bonds is 2. The van der Waals surface area contributed by atoms with Gasteiger partial charge in [0, 0.05) is 12.5 Å². The zero-order valence-electron chi connectivity index (χ0n) is 14.8. The van der Waals surface area contributed by atoms with Crippen LogP contribution in [0.5, 0.6) is 0 Å². The molecule has 0 aromatic carbocycles. The second-order valence-electron chi connectivity index (χ2n) is 7.87.